The fraction of sp³-hybridized carbons (Fsp3) is 0.294. The smallest absolute Gasteiger partial charge is 0.291 e. The molecule has 10 heteroatoms. The number of nitrogens with one attached hydrogen (secondary N) is 3. The lowest BCUT2D eigenvalue weighted by Crippen LogP contribution is -2.24. The van der Waals surface area contributed by atoms with Crippen molar-refractivity contribution in [3.05, 3.63) is 94.3 Å². The van der Waals surface area contributed by atoms with Crippen molar-refractivity contribution in [3.63, 3.8) is 0 Å². The molecule has 0 saturated carbocycles. The number of carbonyl (C=O) groups is 1. The molecular formula is C34H35ClN8O. The van der Waals surface area contributed by atoms with Gasteiger partial charge in [0.15, 0.2) is 11.6 Å². The number of aromatic nitrogens is 4. The lowest BCUT2D eigenvalue weighted by Gasteiger charge is -2.17. The van der Waals surface area contributed by atoms with Crippen LogP contribution in [0.15, 0.2) is 60.9 Å². The fourth-order valence-electron chi connectivity index (χ4n) is 6.35. The molecule has 2 aliphatic heterocycles. The third-order valence-corrected chi connectivity index (χ3v) is 9.12. The van der Waals surface area contributed by atoms with Gasteiger partial charge in [-0.05, 0) is 73.8 Å². The Kier molecular flexibility index (Phi) is 7.76. The molecule has 0 radical (unpaired) electrons. The summed E-state index contributed by atoms with van der Waals surface area (Å²) in [6.07, 6.45) is 7.14. The summed E-state index contributed by atoms with van der Waals surface area (Å²) >= 11 is 7.05. The van der Waals surface area contributed by atoms with Crippen molar-refractivity contribution in [2.45, 2.75) is 39.3 Å². The van der Waals surface area contributed by atoms with E-state index in [9.17, 15) is 4.79 Å². The Labute approximate surface area is 261 Å². The number of hydrogen-bond acceptors (Lipinski definition) is 7. The molecule has 44 heavy (non-hydrogen) atoms. The minimum absolute atomic E-state index is 0.234. The van der Waals surface area contributed by atoms with E-state index in [0.717, 1.165) is 77.3 Å². The maximum atomic E-state index is 13.3. The lowest BCUT2D eigenvalue weighted by atomic mass is 9.98. The van der Waals surface area contributed by atoms with Crippen LogP contribution in [0.1, 0.15) is 46.0 Å². The molecule has 2 aliphatic rings. The molecule has 0 aliphatic carbocycles. The average Bonchev–Trinajstić information content (AvgIpc) is 3.67. The molecule has 5 aromatic rings. The lowest BCUT2D eigenvalue weighted by molar-refractivity contribution is 0.101. The number of benzene rings is 2. The molecule has 2 aromatic carbocycles. The zero-order valence-electron chi connectivity index (χ0n) is 25.0. The molecule has 5 heterocycles. The molecule has 3 aromatic heterocycles. The molecule has 224 valence electrons. The Morgan fingerprint density at radius 2 is 1.84 bits per heavy atom. The van der Waals surface area contributed by atoms with Crippen LogP contribution in [0, 0.1) is 6.92 Å². The first-order valence-electron chi connectivity index (χ1n) is 15.1. The van der Waals surface area contributed by atoms with Gasteiger partial charge in [0.25, 0.3) is 5.91 Å². The molecule has 0 atom stereocenters. The van der Waals surface area contributed by atoms with Gasteiger partial charge in [-0.15, -0.1) is 0 Å². The quantitative estimate of drug-likeness (QED) is 0.202. The van der Waals surface area contributed by atoms with Crippen LogP contribution in [-0.2, 0) is 26.6 Å². The Morgan fingerprint density at radius 1 is 1.05 bits per heavy atom. The van der Waals surface area contributed by atoms with Crippen molar-refractivity contribution < 1.29 is 4.79 Å². The van der Waals surface area contributed by atoms with Gasteiger partial charge in [-0.1, -0.05) is 35.9 Å². The minimum Gasteiger partial charge on any atom is -0.337 e. The predicted octanol–water partition coefficient (Wildman–Crippen LogP) is 6.23. The van der Waals surface area contributed by atoms with E-state index in [1.54, 1.807) is 6.20 Å². The highest BCUT2D eigenvalue weighted by molar-refractivity contribution is 6.36. The third-order valence-electron chi connectivity index (χ3n) is 8.72. The maximum absolute atomic E-state index is 13.3. The van der Waals surface area contributed by atoms with Gasteiger partial charge in [0.05, 0.1) is 16.4 Å². The number of rotatable bonds is 7. The SMILES string of the molecule is Cc1c(NC(=O)c2nc3c(n2C)CCNC3)cccc1-c1cccc(Nc2nccc3cc(CN4CCCC4)cnc23)c1Cl. The van der Waals surface area contributed by atoms with Gasteiger partial charge in [-0.2, -0.15) is 0 Å². The Bertz CT molecular complexity index is 1880. The van der Waals surface area contributed by atoms with Crippen LogP contribution in [-0.4, -0.2) is 50.0 Å². The third kappa shape index (κ3) is 5.43. The number of hydrogen-bond donors (Lipinski definition) is 3. The number of amides is 1. The van der Waals surface area contributed by atoms with Gasteiger partial charge in [0.2, 0.25) is 0 Å². The fourth-order valence-corrected chi connectivity index (χ4v) is 6.62. The van der Waals surface area contributed by atoms with Crippen LogP contribution in [0.4, 0.5) is 17.2 Å². The number of halogens is 1. The molecule has 1 saturated heterocycles. The highest BCUT2D eigenvalue weighted by Gasteiger charge is 2.23. The average molecular weight is 607 g/mol. The summed E-state index contributed by atoms with van der Waals surface area (Å²) in [6.45, 7) is 6.77. The summed E-state index contributed by atoms with van der Waals surface area (Å²) in [5.41, 5.74) is 8.18. The second kappa shape index (κ2) is 12.0. The first kappa shape index (κ1) is 28.5. The molecular weight excluding hydrogens is 572 g/mol. The van der Waals surface area contributed by atoms with Crippen molar-refractivity contribution in [3.8, 4) is 11.1 Å². The van der Waals surface area contributed by atoms with Crippen molar-refractivity contribution in [2.75, 3.05) is 30.3 Å². The van der Waals surface area contributed by atoms with Crippen LogP contribution < -0.4 is 16.0 Å². The van der Waals surface area contributed by atoms with Crippen LogP contribution >= 0.6 is 11.6 Å². The summed E-state index contributed by atoms with van der Waals surface area (Å²) < 4.78 is 1.90. The zero-order chi connectivity index (χ0) is 30.2. The topological polar surface area (TPSA) is 100 Å². The van der Waals surface area contributed by atoms with Crippen molar-refractivity contribution >= 4 is 45.6 Å². The van der Waals surface area contributed by atoms with Crippen molar-refractivity contribution in [1.29, 1.82) is 0 Å². The molecule has 0 spiro atoms. The number of imidazole rings is 1. The van der Waals surface area contributed by atoms with Crippen LogP contribution in [0.25, 0.3) is 22.0 Å². The van der Waals surface area contributed by atoms with E-state index in [4.69, 9.17) is 16.6 Å². The van der Waals surface area contributed by atoms with Gasteiger partial charge >= 0.3 is 0 Å². The number of likely N-dealkylation sites (tertiary alicyclic amines) is 1. The number of fused-ring (bicyclic) bond motifs is 2. The number of nitrogens with zero attached hydrogens (tertiary/aromatic N) is 5. The molecule has 1 amide bonds. The number of anilines is 3. The summed E-state index contributed by atoms with van der Waals surface area (Å²) in [5.74, 6) is 0.828. The minimum atomic E-state index is -0.234. The van der Waals surface area contributed by atoms with E-state index in [2.05, 4.69) is 36.9 Å². The van der Waals surface area contributed by atoms with Crippen LogP contribution in [0.5, 0.6) is 0 Å². The standard InChI is InChI=1S/C34H35ClN8O/c1-21-24(7-5-9-26(21)41-34(44)33-40-28-19-36-13-12-29(28)42(33)2)25-8-6-10-27(30(25)35)39-32-31-23(11-14-37-32)17-22(18-38-31)20-43-15-3-4-16-43/h5-11,14,17-18,36H,3-4,12-13,15-16,19-20H2,1-2H3,(H,37,39)(H,41,44). The summed E-state index contributed by atoms with van der Waals surface area (Å²) in [4.78, 5) is 29.8. The van der Waals surface area contributed by atoms with Gasteiger partial charge in [0, 0.05) is 67.8 Å². The normalized spacial score (nSPS) is 15.0. The van der Waals surface area contributed by atoms with E-state index in [0.29, 0.717) is 28.9 Å². The maximum Gasteiger partial charge on any atom is 0.291 e. The highest BCUT2D eigenvalue weighted by atomic mass is 35.5. The summed E-state index contributed by atoms with van der Waals surface area (Å²) in [7, 11) is 1.90. The predicted molar refractivity (Wildman–Crippen MR) is 176 cm³/mol. The van der Waals surface area contributed by atoms with Crippen molar-refractivity contribution in [1.82, 2.24) is 29.7 Å². The molecule has 7 rings (SSSR count). The largest absolute Gasteiger partial charge is 0.337 e. The van der Waals surface area contributed by atoms with E-state index in [1.807, 2.05) is 67.2 Å². The first-order valence-corrected chi connectivity index (χ1v) is 15.5. The summed E-state index contributed by atoms with van der Waals surface area (Å²) in [5, 5.41) is 11.4. The Balaban J connectivity index is 1.14. The molecule has 3 N–H and O–H groups in total. The number of pyridine rings is 2. The second-order valence-corrected chi connectivity index (χ2v) is 12.0. The molecule has 9 nitrogen and oxygen atoms in total. The monoisotopic (exact) mass is 606 g/mol. The Morgan fingerprint density at radius 3 is 2.66 bits per heavy atom. The zero-order valence-corrected chi connectivity index (χ0v) is 25.7. The highest BCUT2D eigenvalue weighted by Crippen LogP contribution is 2.39. The van der Waals surface area contributed by atoms with Gasteiger partial charge in [-0.25, -0.2) is 9.97 Å². The molecule has 0 bridgehead atoms. The Hall–Kier alpha value is -4.31. The van der Waals surface area contributed by atoms with E-state index < -0.39 is 0 Å². The van der Waals surface area contributed by atoms with Crippen molar-refractivity contribution in [2.24, 2.45) is 7.05 Å². The van der Waals surface area contributed by atoms with Gasteiger partial charge < -0.3 is 20.5 Å². The van der Waals surface area contributed by atoms with E-state index in [1.165, 1.54) is 18.4 Å². The summed E-state index contributed by atoms with van der Waals surface area (Å²) in [6, 6.07) is 15.9. The number of carbonyl (C=O) groups excluding carboxylic acids is 1. The van der Waals surface area contributed by atoms with E-state index in [-0.39, 0.29) is 5.91 Å². The van der Waals surface area contributed by atoms with Gasteiger partial charge in [-0.3, -0.25) is 14.7 Å². The van der Waals surface area contributed by atoms with Crippen LogP contribution in [0.2, 0.25) is 5.02 Å². The molecule has 1 fully saturated rings. The van der Waals surface area contributed by atoms with E-state index >= 15 is 0 Å². The second-order valence-electron chi connectivity index (χ2n) is 11.6. The van der Waals surface area contributed by atoms with Gasteiger partial charge in [0.1, 0.15) is 5.52 Å². The first-order chi connectivity index (χ1) is 21.5. The van der Waals surface area contributed by atoms with Crippen LogP contribution in [0.3, 0.4) is 0 Å². The molecule has 0 unspecified atom stereocenters.